The van der Waals surface area contributed by atoms with Gasteiger partial charge in [0.15, 0.2) is 6.29 Å². The van der Waals surface area contributed by atoms with Crippen LogP contribution in [0.1, 0.15) is 13.8 Å². The van der Waals surface area contributed by atoms with E-state index in [0.717, 1.165) is 0 Å². The van der Waals surface area contributed by atoms with Gasteiger partial charge in [-0.1, -0.05) is 0 Å². The summed E-state index contributed by atoms with van der Waals surface area (Å²) in [6.45, 7) is 3.87. The molecule has 0 fully saturated rings. The number of rotatable bonds is 5. The largest absolute Gasteiger partial charge is 0.463 e. The monoisotopic (exact) mass is 188 g/mol. The Labute approximate surface area is 78.5 Å². The molecule has 0 rings (SSSR count). The Bertz CT molecular complexity index is 182. The fraction of sp³-hybridized carbons (Fsp3) is 0.667. The van der Waals surface area contributed by atoms with Crippen molar-refractivity contribution < 1.29 is 19.0 Å². The van der Waals surface area contributed by atoms with Gasteiger partial charge in [0.05, 0.1) is 6.61 Å². The highest BCUT2D eigenvalue weighted by atomic mass is 16.7. The molecule has 0 saturated heterocycles. The van der Waals surface area contributed by atoms with Crippen molar-refractivity contribution in [3.05, 3.63) is 11.6 Å². The average molecular weight is 188 g/mol. The Hall–Kier alpha value is -0.870. The molecular weight excluding hydrogens is 172 g/mol. The highest BCUT2D eigenvalue weighted by Gasteiger charge is 2.09. The third-order valence-corrected chi connectivity index (χ3v) is 1.43. The van der Waals surface area contributed by atoms with Crippen molar-refractivity contribution in [2.45, 2.75) is 20.1 Å². The zero-order chi connectivity index (χ0) is 10.3. The molecule has 0 aromatic carbocycles. The van der Waals surface area contributed by atoms with Crippen LogP contribution in [0.2, 0.25) is 0 Å². The summed E-state index contributed by atoms with van der Waals surface area (Å²) in [5, 5.41) is 0. The summed E-state index contributed by atoms with van der Waals surface area (Å²) in [4.78, 5) is 11.0. The Morgan fingerprint density at radius 3 is 2.31 bits per heavy atom. The zero-order valence-electron chi connectivity index (χ0n) is 8.49. The first-order chi connectivity index (χ1) is 6.15. The van der Waals surface area contributed by atoms with E-state index < -0.39 is 6.29 Å². The first-order valence-electron chi connectivity index (χ1n) is 4.06. The predicted octanol–water partition coefficient (Wildman–Crippen LogP) is 1.11. The second-order valence-corrected chi connectivity index (χ2v) is 2.44. The minimum absolute atomic E-state index is 0.368. The standard InChI is InChI=1S/C9H16O4/c1-5-13-8(10)6-7(2)9(11-3)12-4/h6,9H,5H2,1-4H3/b7-6+. The van der Waals surface area contributed by atoms with E-state index in [1.807, 2.05) is 0 Å². The second-order valence-electron chi connectivity index (χ2n) is 2.44. The molecule has 0 heterocycles. The van der Waals surface area contributed by atoms with E-state index >= 15 is 0 Å². The fourth-order valence-corrected chi connectivity index (χ4v) is 0.906. The molecule has 0 aliphatic heterocycles. The van der Waals surface area contributed by atoms with Crippen LogP contribution >= 0.6 is 0 Å². The quantitative estimate of drug-likeness (QED) is 0.368. The first-order valence-corrected chi connectivity index (χ1v) is 4.06. The third kappa shape index (κ3) is 4.65. The Morgan fingerprint density at radius 2 is 1.92 bits per heavy atom. The molecule has 4 heteroatoms. The van der Waals surface area contributed by atoms with Crippen LogP contribution in [0.25, 0.3) is 0 Å². The molecule has 13 heavy (non-hydrogen) atoms. The van der Waals surface area contributed by atoms with Crippen molar-refractivity contribution in [2.75, 3.05) is 20.8 Å². The minimum Gasteiger partial charge on any atom is -0.463 e. The lowest BCUT2D eigenvalue weighted by Gasteiger charge is -2.13. The molecular formula is C9H16O4. The molecule has 0 aromatic rings. The molecule has 0 radical (unpaired) electrons. The molecule has 0 amide bonds. The maximum Gasteiger partial charge on any atom is 0.330 e. The van der Waals surface area contributed by atoms with Gasteiger partial charge < -0.3 is 14.2 Å². The van der Waals surface area contributed by atoms with Gasteiger partial charge in [0.25, 0.3) is 0 Å². The number of hydrogen-bond donors (Lipinski definition) is 0. The highest BCUT2D eigenvalue weighted by Crippen LogP contribution is 2.05. The van der Waals surface area contributed by atoms with Crippen molar-refractivity contribution in [3.63, 3.8) is 0 Å². The smallest absolute Gasteiger partial charge is 0.330 e. The number of carbonyl (C=O) groups is 1. The Morgan fingerprint density at radius 1 is 1.38 bits per heavy atom. The van der Waals surface area contributed by atoms with Crippen LogP contribution in [0.3, 0.4) is 0 Å². The van der Waals surface area contributed by atoms with Gasteiger partial charge in [-0.05, 0) is 19.4 Å². The predicted molar refractivity (Wildman–Crippen MR) is 48.2 cm³/mol. The normalized spacial score (nSPS) is 11.9. The van der Waals surface area contributed by atoms with Crippen LogP contribution in [-0.2, 0) is 19.0 Å². The average Bonchev–Trinajstić information content (AvgIpc) is 2.06. The third-order valence-electron chi connectivity index (χ3n) is 1.43. The molecule has 0 unspecified atom stereocenters. The van der Waals surface area contributed by atoms with Crippen molar-refractivity contribution in [2.24, 2.45) is 0 Å². The van der Waals surface area contributed by atoms with Gasteiger partial charge in [0.2, 0.25) is 0 Å². The molecule has 0 saturated carbocycles. The van der Waals surface area contributed by atoms with Gasteiger partial charge in [0, 0.05) is 20.3 Å². The van der Waals surface area contributed by atoms with Crippen LogP contribution in [0.15, 0.2) is 11.6 Å². The van der Waals surface area contributed by atoms with Crippen molar-refractivity contribution in [1.82, 2.24) is 0 Å². The van der Waals surface area contributed by atoms with Crippen LogP contribution in [-0.4, -0.2) is 33.1 Å². The van der Waals surface area contributed by atoms with Gasteiger partial charge in [-0.3, -0.25) is 0 Å². The van der Waals surface area contributed by atoms with Gasteiger partial charge in [-0.15, -0.1) is 0 Å². The zero-order valence-corrected chi connectivity index (χ0v) is 8.49. The summed E-state index contributed by atoms with van der Waals surface area (Å²) in [6, 6.07) is 0. The summed E-state index contributed by atoms with van der Waals surface area (Å²) in [5.41, 5.74) is 0.684. The first kappa shape index (κ1) is 12.1. The molecule has 0 aliphatic carbocycles. The van der Waals surface area contributed by atoms with E-state index in [4.69, 9.17) is 14.2 Å². The summed E-state index contributed by atoms with van der Waals surface area (Å²) < 4.78 is 14.6. The molecule has 0 aliphatic rings. The number of ether oxygens (including phenoxy) is 3. The Kier molecular flexibility index (Phi) is 6.18. The van der Waals surface area contributed by atoms with Gasteiger partial charge >= 0.3 is 5.97 Å². The van der Waals surface area contributed by atoms with Crippen molar-refractivity contribution in [3.8, 4) is 0 Å². The Balaban J connectivity index is 4.20. The number of methoxy groups -OCH3 is 2. The maximum absolute atomic E-state index is 11.0. The number of carbonyl (C=O) groups excluding carboxylic acids is 1. The minimum atomic E-state index is -0.482. The lowest BCUT2D eigenvalue weighted by molar-refractivity contribution is -0.137. The molecule has 0 N–H and O–H groups in total. The topological polar surface area (TPSA) is 44.8 Å². The maximum atomic E-state index is 11.0. The summed E-state index contributed by atoms with van der Waals surface area (Å²) >= 11 is 0. The number of esters is 1. The SMILES string of the molecule is CCOC(=O)/C=C(\C)C(OC)OC. The van der Waals surface area contributed by atoms with Gasteiger partial charge in [-0.25, -0.2) is 4.79 Å². The van der Waals surface area contributed by atoms with E-state index in [2.05, 4.69) is 0 Å². The van der Waals surface area contributed by atoms with Crippen LogP contribution in [0.4, 0.5) is 0 Å². The molecule has 4 nitrogen and oxygen atoms in total. The fourth-order valence-electron chi connectivity index (χ4n) is 0.906. The lowest BCUT2D eigenvalue weighted by Crippen LogP contribution is -2.15. The van der Waals surface area contributed by atoms with Crippen molar-refractivity contribution in [1.29, 1.82) is 0 Å². The molecule has 0 spiro atoms. The summed E-state index contributed by atoms with van der Waals surface area (Å²) in [5.74, 6) is -0.376. The summed E-state index contributed by atoms with van der Waals surface area (Å²) in [7, 11) is 3.02. The highest BCUT2D eigenvalue weighted by molar-refractivity contribution is 5.82. The summed E-state index contributed by atoms with van der Waals surface area (Å²) in [6.07, 6.45) is 0.880. The van der Waals surface area contributed by atoms with E-state index in [-0.39, 0.29) is 5.97 Å². The van der Waals surface area contributed by atoms with Crippen LogP contribution in [0.5, 0.6) is 0 Å². The van der Waals surface area contributed by atoms with E-state index in [9.17, 15) is 4.79 Å². The van der Waals surface area contributed by atoms with Crippen LogP contribution < -0.4 is 0 Å². The van der Waals surface area contributed by atoms with Gasteiger partial charge in [0.1, 0.15) is 0 Å². The van der Waals surface area contributed by atoms with E-state index in [0.29, 0.717) is 12.2 Å². The van der Waals surface area contributed by atoms with Gasteiger partial charge in [-0.2, -0.15) is 0 Å². The lowest BCUT2D eigenvalue weighted by atomic mass is 10.3. The van der Waals surface area contributed by atoms with Crippen LogP contribution in [0, 0.1) is 0 Å². The van der Waals surface area contributed by atoms with E-state index in [1.54, 1.807) is 13.8 Å². The van der Waals surface area contributed by atoms with E-state index in [1.165, 1.54) is 20.3 Å². The molecule has 76 valence electrons. The second kappa shape index (κ2) is 6.62. The number of hydrogen-bond acceptors (Lipinski definition) is 4. The van der Waals surface area contributed by atoms with Crippen molar-refractivity contribution >= 4 is 5.97 Å². The molecule has 0 aromatic heterocycles. The molecule has 0 atom stereocenters. The molecule has 0 bridgehead atoms.